The molecule has 0 aliphatic carbocycles. The van der Waals surface area contributed by atoms with Gasteiger partial charge in [0, 0.05) is 17.4 Å². The molecule has 0 spiro atoms. The molecule has 0 fully saturated rings. The molecule has 0 N–H and O–H groups in total. The van der Waals surface area contributed by atoms with E-state index in [1.54, 1.807) is 26.0 Å². The fourth-order valence-corrected chi connectivity index (χ4v) is 0.794. The van der Waals surface area contributed by atoms with Gasteiger partial charge in [-0.05, 0) is 25.0 Å². The first kappa shape index (κ1) is 9.68. The minimum absolute atomic E-state index is 0. The Bertz CT molecular complexity index is 200. The molecule has 0 nitrogen and oxygen atoms in total. The fraction of sp³-hybridized carbons (Fsp3) is 0.250. The third-order valence-electron chi connectivity index (χ3n) is 1.38. The minimum Gasteiger partial charge on any atom is -0.206 e. The Labute approximate surface area is 71.2 Å². The van der Waals surface area contributed by atoms with Crippen molar-refractivity contribution in [3.63, 3.8) is 0 Å². The topological polar surface area (TPSA) is 0 Å². The van der Waals surface area contributed by atoms with Crippen molar-refractivity contribution in [2.75, 3.05) is 0 Å². The Morgan fingerprint density at radius 3 is 1.80 bits per heavy atom. The average Bonchev–Trinajstić information content (AvgIpc) is 1.83. The first-order valence-corrected chi connectivity index (χ1v) is 2.93. The van der Waals surface area contributed by atoms with E-state index in [0.29, 0.717) is 0 Å². The zero-order valence-corrected chi connectivity index (χ0v) is 7.29. The van der Waals surface area contributed by atoms with E-state index >= 15 is 0 Å². The molecule has 0 amide bonds. The van der Waals surface area contributed by atoms with Crippen LogP contribution in [0, 0.1) is 19.7 Å². The minimum atomic E-state index is -0.0856. The molecule has 0 aromatic heterocycles. The van der Waals surface area contributed by atoms with Crippen LogP contribution in [-0.4, -0.2) is 0 Å². The first-order chi connectivity index (χ1) is 4.22. The third-order valence-corrected chi connectivity index (χ3v) is 1.38. The van der Waals surface area contributed by atoms with Crippen molar-refractivity contribution in [2.45, 2.75) is 13.8 Å². The molecular weight excluding hydrogens is 167 g/mol. The van der Waals surface area contributed by atoms with E-state index in [1.807, 2.05) is 6.07 Å². The van der Waals surface area contributed by atoms with Crippen LogP contribution in [0.5, 0.6) is 0 Å². The van der Waals surface area contributed by atoms with Gasteiger partial charge >= 0.3 is 0 Å². The van der Waals surface area contributed by atoms with Crippen LogP contribution in [0.1, 0.15) is 11.1 Å². The van der Waals surface area contributed by atoms with Crippen LogP contribution < -0.4 is 0 Å². The van der Waals surface area contributed by atoms with Crippen LogP contribution in [-0.2, 0) is 17.4 Å². The molecule has 0 radical (unpaired) electrons. The summed E-state index contributed by atoms with van der Waals surface area (Å²) in [6, 6.07) is 5.39. The van der Waals surface area contributed by atoms with Crippen molar-refractivity contribution >= 4 is 0 Å². The van der Waals surface area contributed by atoms with Gasteiger partial charge in [-0.1, -0.05) is 18.2 Å². The van der Waals surface area contributed by atoms with E-state index in [0.717, 1.165) is 11.1 Å². The van der Waals surface area contributed by atoms with Gasteiger partial charge in [0.2, 0.25) is 0 Å². The molecule has 2 heteroatoms. The summed E-state index contributed by atoms with van der Waals surface area (Å²) in [5.74, 6) is -0.0856. The van der Waals surface area contributed by atoms with Crippen LogP contribution in [0.3, 0.4) is 0 Å². The fourth-order valence-electron chi connectivity index (χ4n) is 0.794. The number of rotatable bonds is 0. The molecule has 0 aliphatic rings. The van der Waals surface area contributed by atoms with E-state index in [1.165, 1.54) is 0 Å². The van der Waals surface area contributed by atoms with Crippen molar-refractivity contribution < 1.29 is 21.8 Å². The summed E-state index contributed by atoms with van der Waals surface area (Å²) in [5, 5.41) is 0. The predicted octanol–water partition coefficient (Wildman–Crippen LogP) is 2.44. The van der Waals surface area contributed by atoms with Gasteiger partial charge in [0.1, 0.15) is 5.82 Å². The quantitative estimate of drug-likeness (QED) is 0.569. The SMILES string of the molecule is Cc1cccc(C)c1F.[Cr]. The molecule has 1 aromatic rings. The summed E-state index contributed by atoms with van der Waals surface area (Å²) in [5.41, 5.74) is 1.44. The second kappa shape index (κ2) is 3.75. The number of hydrogen-bond donors (Lipinski definition) is 0. The molecule has 0 unspecified atom stereocenters. The van der Waals surface area contributed by atoms with Crippen molar-refractivity contribution in [3.05, 3.63) is 35.1 Å². The summed E-state index contributed by atoms with van der Waals surface area (Å²) in [7, 11) is 0. The summed E-state index contributed by atoms with van der Waals surface area (Å²) in [4.78, 5) is 0. The van der Waals surface area contributed by atoms with Crippen molar-refractivity contribution in [3.8, 4) is 0 Å². The molecule has 0 atom stereocenters. The normalized spacial score (nSPS) is 8.70. The predicted molar refractivity (Wildman–Crippen MR) is 35.9 cm³/mol. The smallest absolute Gasteiger partial charge is 0.129 e. The summed E-state index contributed by atoms with van der Waals surface area (Å²) in [6.45, 7) is 3.53. The van der Waals surface area contributed by atoms with E-state index in [-0.39, 0.29) is 23.2 Å². The third kappa shape index (κ3) is 1.83. The van der Waals surface area contributed by atoms with E-state index in [9.17, 15) is 4.39 Å². The van der Waals surface area contributed by atoms with E-state index in [2.05, 4.69) is 0 Å². The first-order valence-electron chi connectivity index (χ1n) is 2.93. The Morgan fingerprint density at radius 2 is 1.50 bits per heavy atom. The molecule has 54 valence electrons. The maximum Gasteiger partial charge on any atom is 0.129 e. The van der Waals surface area contributed by atoms with Crippen molar-refractivity contribution in [2.24, 2.45) is 0 Å². The van der Waals surface area contributed by atoms with Crippen molar-refractivity contribution in [1.29, 1.82) is 0 Å². The summed E-state index contributed by atoms with van der Waals surface area (Å²) < 4.78 is 12.7. The summed E-state index contributed by atoms with van der Waals surface area (Å²) in [6.07, 6.45) is 0. The van der Waals surface area contributed by atoms with Crippen LogP contribution in [0.15, 0.2) is 18.2 Å². The number of benzene rings is 1. The zero-order valence-electron chi connectivity index (χ0n) is 6.02. The van der Waals surface area contributed by atoms with Crippen LogP contribution in [0.2, 0.25) is 0 Å². The summed E-state index contributed by atoms with van der Waals surface area (Å²) >= 11 is 0. The van der Waals surface area contributed by atoms with Gasteiger partial charge in [-0.15, -0.1) is 0 Å². The van der Waals surface area contributed by atoms with Gasteiger partial charge in [-0.25, -0.2) is 4.39 Å². The number of hydrogen-bond acceptors (Lipinski definition) is 0. The zero-order chi connectivity index (χ0) is 6.85. The Balaban J connectivity index is 0.000000810. The van der Waals surface area contributed by atoms with Gasteiger partial charge < -0.3 is 0 Å². The molecule has 0 bridgehead atoms. The average molecular weight is 176 g/mol. The van der Waals surface area contributed by atoms with Gasteiger partial charge in [-0.2, -0.15) is 0 Å². The maximum atomic E-state index is 12.7. The van der Waals surface area contributed by atoms with Gasteiger partial charge in [-0.3, -0.25) is 0 Å². The maximum absolute atomic E-state index is 12.7. The van der Waals surface area contributed by atoms with E-state index < -0.39 is 0 Å². The molecule has 0 saturated heterocycles. The molecule has 0 heterocycles. The monoisotopic (exact) mass is 176 g/mol. The second-order valence-electron chi connectivity index (χ2n) is 2.21. The van der Waals surface area contributed by atoms with Crippen LogP contribution in [0.25, 0.3) is 0 Å². The molecule has 0 saturated carbocycles. The molecule has 0 aliphatic heterocycles. The van der Waals surface area contributed by atoms with Gasteiger partial charge in [0.25, 0.3) is 0 Å². The van der Waals surface area contributed by atoms with Crippen molar-refractivity contribution in [1.82, 2.24) is 0 Å². The van der Waals surface area contributed by atoms with Gasteiger partial charge in [0.05, 0.1) is 0 Å². The molecule has 1 aromatic carbocycles. The number of halogens is 1. The van der Waals surface area contributed by atoms with Gasteiger partial charge in [0.15, 0.2) is 0 Å². The Kier molecular flexibility index (Phi) is 3.64. The standard InChI is InChI=1S/C8H9F.Cr/c1-6-4-3-5-7(2)8(6)9;/h3-5H,1-2H3;. The molecule has 10 heavy (non-hydrogen) atoms. The molecule has 1 rings (SSSR count). The number of aryl methyl sites for hydroxylation is 2. The largest absolute Gasteiger partial charge is 0.206 e. The van der Waals surface area contributed by atoms with Crippen LogP contribution >= 0.6 is 0 Å². The Hall–Kier alpha value is -0.318. The van der Waals surface area contributed by atoms with E-state index in [4.69, 9.17) is 0 Å². The van der Waals surface area contributed by atoms with Crippen LogP contribution in [0.4, 0.5) is 4.39 Å². The second-order valence-corrected chi connectivity index (χ2v) is 2.21. The molecular formula is C8H9CrF. The Morgan fingerprint density at radius 1 is 1.10 bits per heavy atom.